The number of likely N-dealkylation sites (N-methyl/N-ethyl adjacent to an activating group) is 1. The second-order valence-corrected chi connectivity index (χ2v) is 6.10. The molecule has 5 heteroatoms. The molecule has 1 aliphatic carbocycles. The number of amides is 1. The fraction of sp³-hybridized carbons (Fsp3) is 0.929. The van der Waals surface area contributed by atoms with Crippen LogP contribution in [-0.4, -0.2) is 72.4 Å². The van der Waals surface area contributed by atoms with E-state index >= 15 is 0 Å². The van der Waals surface area contributed by atoms with E-state index in [1.807, 2.05) is 11.9 Å². The Kier molecular flexibility index (Phi) is 3.78. The Hall–Kier alpha value is -0.650. The van der Waals surface area contributed by atoms with Crippen molar-refractivity contribution in [2.24, 2.45) is 5.92 Å². The Balaban J connectivity index is 1.69. The van der Waals surface area contributed by atoms with Crippen LogP contribution in [0.5, 0.6) is 0 Å². The molecule has 1 N–H and O–H groups in total. The fourth-order valence-electron chi connectivity index (χ4n) is 4.04. The van der Waals surface area contributed by atoms with Gasteiger partial charge in [0.05, 0.1) is 25.4 Å². The molecule has 0 bridgehead atoms. The second kappa shape index (κ2) is 5.38. The number of aliphatic hydroxyl groups is 1. The molecular formula is C14H24N2O3. The minimum Gasteiger partial charge on any atom is -0.391 e. The molecule has 0 aromatic heterocycles. The molecule has 5 nitrogen and oxygen atoms in total. The topological polar surface area (TPSA) is 53.0 Å². The van der Waals surface area contributed by atoms with Crippen LogP contribution in [0.25, 0.3) is 0 Å². The summed E-state index contributed by atoms with van der Waals surface area (Å²) in [4.78, 5) is 16.7. The van der Waals surface area contributed by atoms with E-state index in [1.165, 1.54) is 0 Å². The van der Waals surface area contributed by atoms with Gasteiger partial charge in [0, 0.05) is 19.1 Å². The van der Waals surface area contributed by atoms with Crippen molar-refractivity contribution < 1.29 is 14.6 Å². The lowest BCUT2D eigenvalue weighted by Crippen LogP contribution is -2.51. The highest BCUT2D eigenvalue weighted by atomic mass is 16.5. The van der Waals surface area contributed by atoms with E-state index in [1.54, 1.807) is 0 Å². The van der Waals surface area contributed by atoms with Gasteiger partial charge in [-0.3, -0.25) is 9.69 Å². The monoisotopic (exact) mass is 268 g/mol. The van der Waals surface area contributed by atoms with E-state index in [0.29, 0.717) is 32.2 Å². The number of nitrogens with zero attached hydrogens (tertiary/aromatic N) is 2. The van der Waals surface area contributed by atoms with E-state index in [9.17, 15) is 9.90 Å². The van der Waals surface area contributed by atoms with E-state index < -0.39 is 0 Å². The smallest absolute Gasteiger partial charge is 0.240 e. The second-order valence-electron chi connectivity index (χ2n) is 6.10. The lowest BCUT2D eigenvalue weighted by atomic mass is 9.83. The van der Waals surface area contributed by atoms with Gasteiger partial charge in [-0.1, -0.05) is 6.42 Å². The maximum atomic E-state index is 12.6. The van der Waals surface area contributed by atoms with Gasteiger partial charge < -0.3 is 14.7 Å². The molecule has 2 saturated heterocycles. The van der Waals surface area contributed by atoms with E-state index in [0.717, 1.165) is 25.7 Å². The minimum absolute atomic E-state index is 0.0409. The van der Waals surface area contributed by atoms with Crippen molar-refractivity contribution in [2.45, 2.75) is 43.9 Å². The first kappa shape index (κ1) is 13.3. The first-order chi connectivity index (χ1) is 9.18. The van der Waals surface area contributed by atoms with Crippen molar-refractivity contribution in [2.75, 3.05) is 33.4 Å². The predicted octanol–water partition coefficient (Wildman–Crippen LogP) is 0.0789. The minimum atomic E-state index is -0.258. The number of morpholine rings is 1. The number of likely N-dealkylation sites (tertiary alicyclic amines) is 1. The highest BCUT2D eigenvalue weighted by molar-refractivity contribution is 5.82. The molecule has 3 aliphatic rings. The fourth-order valence-corrected chi connectivity index (χ4v) is 4.04. The molecule has 0 aromatic carbocycles. The van der Waals surface area contributed by atoms with Gasteiger partial charge in [-0.25, -0.2) is 0 Å². The summed E-state index contributed by atoms with van der Waals surface area (Å²) in [5.41, 5.74) is 0. The first-order valence-corrected chi connectivity index (χ1v) is 7.45. The molecule has 2 heterocycles. The number of carbonyl (C=O) groups is 1. The average molecular weight is 268 g/mol. The summed E-state index contributed by atoms with van der Waals surface area (Å²) in [5, 5.41) is 10.2. The number of rotatable bonds is 1. The maximum Gasteiger partial charge on any atom is 0.240 e. The van der Waals surface area contributed by atoms with Gasteiger partial charge in [-0.05, 0) is 32.2 Å². The van der Waals surface area contributed by atoms with Gasteiger partial charge in [-0.2, -0.15) is 0 Å². The Bertz CT molecular complexity index is 344. The van der Waals surface area contributed by atoms with Gasteiger partial charge in [0.15, 0.2) is 0 Å². The Morgan fingerprint density at radius 1 is 1.26 bits per heavy atom. The lowest BCUT2D eigenvalue weighted by Gasteiger charge is -2.36. The van der Waals surface area contributed by atoms with Gasteiger partial charge in [0.2, 0.25) is 5.91 Å². The molecule has 1 amide bonds. The summed E-state index contributed by atoms with van der Waals surface area (Å²) in [6, 6.07) is 0.143. The number of hydrogen-bond acceptors (Lipinski definition) is 4. The van der Waals surface area contributed by atoms with Gasteiger partial charge in [0.25, 0.3) is 0 Å². The molecule has 3 fully saturated rings. The molecule has 3 rings (SSSR count). The van der Waals surface area contributed by atoms with Crippen LogP contribution in [0.15, 0.2) is 0 Å². The van der Waals surface area contributed by atoms with Crippen LogP contribution >= 0.6 is 0 Å². The third-order valence-electron chi connectivity index (χ3n) is 5.05. The van der Waals surface area contributed by atoms with Crippen molar-refractivity contribution in [3.8, 4) is 0 Å². The van der Waals surface area contributed by atoms with Gasteiger partial charge >= 0.3 is 0 Å². The number of ether oxygens (including phenoxy) is 1. The Labute approximate surface area is 114 Å². The van der Waals surface area contributed by atoms with Gasteiger partial charge in [0.1, 0.15) is 0 Å². The Morgan fingerprint density at radius 3 is 2.68 bits per heavy atom. The lowest BCUT2D eigenvalue weighted by molar-refractivity contribution is -0.140. The third kappa shape index (κ3) is 2.39. The van der Waals surface area contributed by atoms with Crippen LogP contribution in [0.2, 0.25) is 0 Å². The SMILES string of the molecule is CN1[C@@H]2[C@@H](CCC[C@@H]2O)C[C@H]1C(=O)N1CCOCC1. The molecule has 0 spiro atoms. The standard InChI is InChI=1S/C14H24N2O3/c1-15-11(14(18)16-5-7-19-8-6-16)9-10-3-2-4-12(17)13(10)15/h10-13,17H,2-9H2,1H3/t10-,11-,12-,13+/m0/s1. The Morgan fingerprint density at radius 2 is 2.00 bits per heavy atom. The number of carbonyl (C=O) groups excluding carboxylic acids is 1. The molecule has 19 heavy (non-hydrogen) atoms. The maximum absolute atomic E-state index is 12.6. The number of aliphatic hydroxyl groups excluding tert-OH is 1. The quantitative estimate of drug-likeness (QED) is 0.732. The van der Waals surface area contributed by atoms with Crippen LogP contribution in [0, 0.1) is 5.92 Å². The zero-order valence-corrected chi connectivity index (χ0v) is 11.6. The van der Waals surface area contributed by atoms with Crippen LogP contribution in [0.3, 0.4) is 0 Å². The van der Waals surface area contributed by atoms with Crippen molar-refractivity contribution in [1.29, 1.82) is 0 Å². The highest BCUT2D eigenvalue weighted by Gasteiger charge is 2.47. The summed E-state index contributed by atoms with van der Waals surface area (Å²) in [7, 11) is 2.00. The summed E-state index contributed by atoms with van der Waals surface area (Å²) in [6.45, 7) is 2.72. The summed E-state index contributed by atoms with van der Waals surface area (Å²) >= 11 is 0. The zero-order chi connectivity index (χ0) is 13.4. The zero-order valence-electron chi connectivity index (χ0n) is 11.6. The van der Waals surface area contributed by atoms with Crippen molar-refractivity contribution in [3.63, 3.8) is 0 Å². The van der Waals surface area contributed by atoms with E-state index in [-0.39, 0.29) is 24.1 Å². The summed E-state index contributed by atoms with van der Waals surface area (Å²) in [5.74, 6) is 0.719. The largest absolute Gasteiger partial charge is 0.391 e. The first-order valence-electron chi connectivity index (χ1n) is 7.45. The molecular weight excluding hydrogens is 244 g/mol. The molecule has 4 atom stereocenters. The normalized spacial score (nSPS) is 40.2. The predicted molar refractivity (Wildman–Crippen MR) is 70.7 cm³/mol. The molecule has 2 aliphatic heterocycles. The van der Waals surface area contributed by atoms with Crippen molar-refractivity contribution in [1.82, 2.24) is 9.80 Å². The van der Waals surface area contributed by atoms with Crippen molar-refractivity contribution in [3.05, 3.63) is 0 Å². The molecule has 0 aromatic rings. The van der Waals surface area contributed by atoms with E-state index in [2.05, 4.69) is 4.90 Å². The average Bonchev–Trinajstić information content (AvgIpc) is 2.78. The van der Waals surface area contributed by atoms with Crippen molar-refractivity contribution >= 4 is 5.91 Å². The number of fused-ring (bicyclic) bond motifs is 1. The summed E-state index contributed by atoms with van der Waals surface area (Å²) in [6.07, 6.45) is 3.78. The summed E-state index contributed by atoms with van der Waals surface area (Å²) < 4.78 is 5.30. The van der Waals surface area contributed by atoms with Gasteiger partial charge in [-0.15, -0.1) is 0 Å². The van der Waals surface area contributed by atoms with Crippen LogP contribution in [0.1, 0.15) is 25.7 Å². The van der Waals surface area contributed by atoms with Crippen LogP contribution in [-0.2, 0) is 9.53 Å². The highest BCUT2D eigenvalue weighted by Crippen LogP contribution is 2.39. The molecule has 1 saturated carbocycles. The molecule has 108 valence electrons. The van der Waals surface area contributed by atoms with Crippen LogP contribution in [0.4, 0.5) is 0 Å². The number of hydrogen-bond donors (Lipinski definition) is 1. The molecule has 0 unspecified atom stereocenters. The molecule has 0 radical (unpaired) electrons. The van der Waals surface area contributed by atoms with E-state index in [4.69, 9.17) is 4.74 Å². The van der Waals surface area contributed by atoms with Crippen LogP contribution < -0.4 is 0 Å². The third-order valence-corrected chi connectivity index (χ3v) is 5.05.